The summed E-state index contributed by atoms with van der Waals surface area (Å²) in [5.74, 6) is 0.807. The van der Waals surface area contributed by atoms with Crippen LogP contribution >= 0.6 is 0 Å². The average molecular weight is 281 g/mol. The van der Waals surface area contributed by atoms with Crippen molar-refractivity contribution in [2.45, 2.75) is 58.0 Å². The predicted octanol–water partition coefficient (Wildman–Crippen LogP) is 4.36. The summed E-state index contributed by atoms with van der Waals surface area (Å²) in [4.78, 5) is 0. The first-order valence-electron chi connectivity index (χ1n) is 8.29. The number of hydrogen-bond donors (Lipinski definition) is 0. The Labute approximate surface area is 127 Å². The van der Waals surface area contributed by atoms with Crippen LogP contribution in [0.1, 0.15) is 52.5 Å². The predicted molar refractivity (Wildman–Crippen MR) is 86.2 cm³/mol. The average Bonchev–Trinajstić information content (AvgIpc) is 2.98. The van der Waals surface area contributed by atoms with Gasteiger partial charge >= 0.3 is 0 Å². The van der Waals surface area contributed by atoms with Crippen LogP contribution in [0, 0.1) is 5.92 Å². The molecule has 2 aliphatic rings. The number of para-hydroxylation sites is 2. The lowest BCUT2D eigenvalue weighted by atomic mass is 9.77. The molecule has 0 amide bonds. The van der Waals surface area contributed by atoms with E-state index in [1.807, 2.05) is 0 Å². The van der Waals surface area contributed by atoms with Crippen molar-refractivity contribution in [2.24, 2.45) is 5.92 Å². The van der Waals surface area contributed by atoms with E-state index in [0.29, 0.717) is 11.6 Å². The molecule has 2 heteroatoms. The summed E-state index contributed by atoms with van der Waals surface area (Å²) in [5, 5.41) is 0. The van der Waals surface area contributed by atoms with Crippen LogP contribution in [-0.4, -0.2) is 4.57 Å². The molecule has 21 heavy (non-hydrogen) atoms. The zero-order valence-electron chi connectivity index (χ0n) is 13.3. The number of aromatic nitrogens is 2. The number of allylic oxidation sites excluding steroid dienone is 2. The quantitative estimate of drug-likeness (QED) is 0.571. The minimum Gasteiger partial charge on any atom is -0.228 e. The highest BCUT2D eigenvalue weighted by Gasteiger charge is 2.46. The van der Waals surface area contributed by atoms with Gasteiger partial charge in [-0.1, -0.05) is 30.7 Å². The topological polar surface area (TPSA) is 8.81 Å². The van der Waals surface area contributed by atoms with Gasteiger partial charge in [0.1, 0.15) is 5.54 Å². The molecular formula is C19H25N2+. The van der Waals surface area contributed by atoms with Crippen molar-refractivity contribution in [3.8, 4) is 0 Å². The molecule has 1 fully saturated rings. The fourth-order valence-electron chi connectivity index (χ4n) is 4.59. The fourth-order valence-corrected chi connectivity index (χ4v) is 4.59. The van der Waals surface area contributed by atoms with E-state index in [9.17, 15) is 0 Å². The van der Waals surface area contributed by atoms with Crippen LogP contribution in [-0.2, 0) is 5.54 Å². The number of benzene rings is 1. The van der Waals surface area contributed by atoms with Gasteiger partial charge in [-0.3, -0.25) is 0 Å². The fraction of sp³-hybridized carbons (Fsp3) is 0.526. The Morgan fingerprint density at radius 3 is 2.90 bits per heavy atom. The molecule has 2 aromatic rings. The number of fused-ring (bicyclic) bond motifs is 3. The molecule has 0 N–H and O–H groups in total. The van der Waals surface area contributed by atoms with Crippen molar-refractivity contribution in [2.75, 3.05) is 0 Å². The third-order valence-electron chi connectivity index (χ3n) is 5.39. The van der Waals surface area contributed by atoms with Crippen LogP contribution in [0.5, 0.6) is 0 Å². The summed E-state index contributed by atoms with van der Waals surface area (Å²) in [6.45, 7) is 6.96. The first kappa shape index (κ1) is 13.1. The number of rotatable bonds is 2. The molecule has 2 bridgehead atoms. The van der Waals surface area contributed by atoms with Crippen molar-refractivity contribution in [1.82, 2.24) is 4.57 Å². The van der Waals surface area contributed by atoms with Crippen LogP contribution in [0.3, 0.4) is 0 Å². The standard InChI is InChI=1S/C19H25N2/c1-14(2)20-13-21(18-7-5-4-6-17(18)20)19-9-8-16(12-19)10-15(3)11-19/h4-8,13-15H,9-12H2,1-3H3/q+1. The molecule has 1 heterocycles. The second kappa shape index (κ2) is 4.46. The maximum atomic E-state index is 2.60. The monoisotopic (exact) mass is 281 g/mol. The van der Waals surface area contributed by atoms with Gasteiger partial charge in [0.2, 0.25) is 6.33 Å². The summed E-state index contributed by atoms with van der Waals surface area (Å²) >= 11 is 0. The van der Waals surface area contributed by atoms with Crippen molar-refractivity contribution in [3.05, 3.63) is 42.2 Å². The molecule has 2 nitrogen and oxygen atoms in total. The first-order valence-corrected chi connectivity index (χ1v) is 8.29. The normalized spacial score (nSPS) is 28.4. The van der Waals surface area contributed by atoms with Crippen molar-refractivity contribution in [3.63, 3.8) is 0 Å². The molecule has 0 saturated heterocycles. The van der Waals surface area contributed by atoms with Crippen molar-refractivity contribution < 1.29 is 4.57 Å². The lowest BCUT2D eigenvalue weighted by Gasteiger charge is -2.33. The van der Waals surface area contributed by atoms with E-state index in [1.54, 1.807) is 5.57 Å². The van der Waals surface area contributed by atoms with Crippen LogP contribution in [0.4, 0.5) is 0 Å². The highest BCUT2D eigenvalue weighted by Crippen LogP contribution is 2.49. The molecule has 2 unspecified atom stereocenters. The molecule has 2 atom stereocenters. The van der Waals surface area contributed by atoms with E-state index in [0.717, 1.165) is 5.92 Å². The molecule has 1 saturated carbocycles. The summed E-state index contributed by atoms with van der Waals surface area (Å²) in [6.07, 6.45) is 9.98. The van der Waals surface area contributed by atoms with Gasteiger partial charge in [-0.15, -0.1) is 0 Å². The van der Waals surface area contributed by atoms with Crippen LogP contribution in [0.2, 0.25) is 0 Å². The van der Waals surface area contributed by atoms with Crippen LogP contribution < -0.4 is 4.57 Å². The zero-order valence-corrected chi connectivity index (χ0v) is 13.3. The molecule has 1 aromatic heterocycles. The van der Waals surface area contributed by atoms with Gasteiger partial charge in [0.25, 0.3) is 0 Å². The minimum atomic E-state index is 0.298. The Morgan fingerprint density at radius 2 is 2.10 bits per heavy atom. The molecule has 1 aromatic carbocycles. The lowest BCUT2D eigenvalue weighted by Crippen LogP contribution is -2.39. The Bertz CT molecular complexity index is 722. The smallest absolute Gasteiger partial charge is 0.228 e. The van der Waals surface area contributed by atoms with Crippen LogP contribution in [0.25, 0.3) is 11.0 Å². The molecular weight excluding hydrogens is 256 g/mol. The van der Waals surface area contributed by atoms with Gasteiger partial charge in [-0.25, -0.2) is 9.13 Å². The summed E-state index contributed by atoms with van der Waals surface area (Å²) in [6, 6.07) is 9.39. The summed E-state index contributed by atoms with van der Waals surface area (Å²) < 4.78 is 5.03. The van der Waals surface area contributed by atoms with Gasteiger partial charge < -0.3 is 0 Å². The largest absolute Gasteiger partial charge is 0.245 e. The molecule has 2 aliphatic carbocycles. The molecule has 0 radical (unpaired) electrons. The summed E-state index contributed by atoms with van der Waals surface area (Å²) in [5.41, 5.74) is 4.75. The maximum Gasteiger partial charge on any atom is 0.245 e. The van der Waals surface area contributed by atoms with Crippen molar-refractivity contribution in [1.29, 1.82) is 0 Å². The van der Waals surface area contributed by atoms with E-state index in [-0.39, 0.29) is 0 Å². The Hall–Kier alpha value is -1.57. The maximum absolute atomic E-state index is 2.60. The highest BCUT2D eigenvalue weighted by atomic mass is 15.2. The SMILES string of the molecule is CC1CC2=CCC(n3c[n+](C(C)C)c4ccccc43)(C2)C1. The minimum absolute atomic E-state index is 0.298. The van der Waals surface area contributed by atoms with Gasteiger partial charge in [-0.05, 0) is 44.7 Å². The van der Waals surface area contributed by atoms with E-state index < -0.39 is 0 Å². The van der Waals surface area contributed by atoms with Crippen LogP contribution in [0.15, 0.2) is 42.2 Å². The zero-order chi connectivity index (χ0) is 14.6. The third-order valence-corrected chi connectivity index (χ3v) is 5.39. The second-order valence-corrected chi connectivity index (χ2v) is 7.46. The molecule has 110 valence electrons. The lowest BCUT2D eigenvalue weighted by molar-refractivity contribution is -0.692. The molecule has 4 rings (SSSR count). The van der Waals surface area contributed by atoms with E-state index in [4.69, 9.17) is 0 Å². The molecule has 0 spiro atoms. The second-order valence-electron chi connectivity index (χ2n) is 7.46. The number of imidazole rings is 1. The third kappa shape index (κ3) is 1.88. The van der Waals surface area contributed by atoms with E-state index in [1.165, 1.54) is 36.7 Å². The molecule has 0 aliphatic heterocycles. The van der Waals surface area contributed by atoms with E-state index >= 15 is 0 Å². The van der Waals surface area contributed by atoms with Gasteiger partial charge in [0.15, 0.2) is 11.0 Å². The van der Waals surface area contributed by atoms with Gasteiger partial charge in [0.05, 0.1) is 6.04 Å². The Kier molecular flexibility index (Phi) is 2.79. The highest BCUT2D eigenvalue weighted by molar-refractivity contribution is 5.72. The Balaban J connectivity index is 1.91. The van der Waals surface area contributed by atoms with Gasteiger partial charge in [0, 0.05) is 12.8 Å². The number of nitrogens with zero attached hydrogens (tertiary/aromatic N) is 2. The summed E-state index contributed by atoms with van der Waals surface area (Å²) in [7, 11) is 0. The van der Waals surface area contributed by atoms with Crippen molar-refractivity contribution >= 4 is 11.0 Å². The van der Waals surface area contributed by atoms with E-state index in [2.05, 4.69) is 66.6 Å². The Morgan fingerprint density at radius 1 is 1.29 bits per heavy atom. The number of hydrogen-bond acceptors (Lipinski definition) is 0. The van der Waals surface area contributed by atoms with Gasteiger partial charge in [-0.2, -0.15) is 0 Å². The first-order chi connectivity index (χ1) is 10.1.